The van der Waals surface area contributed by atoms with Crippen LogP contribution in [0.25, 0.3) is 0 Å². The van der Waals surface area contributed by atoms with E-state index in [0.717, 1.165) is 36.0 Å². The van der Waals surface area contributed by atoms with Crippen molar-refractivity contribution in [2.45, 2.75) is 132 Å². The third-order valence-electron chi connectivity index (χ3n) is 11.2. The van der Waals surface area contributed by atoms with Crippen molar-refractivity contribution >= 4 is 45.8 Å². The number of sulfonamides is 1. The summed E-state index contributed by atoms with van der Waals surface area (Å²) in [5.41, 5.74) is 5.39. The molecule has 0 radical (unpaired) electrons. The molecule has 356 valence electrons. The number of hydrogen-bond donors (Lipinski definition) is 2. The van der Waals surface area contributed by atoms with E-state index >= 15 is 0 Å². The van der Waals surface area contributed by atoms with Gasteiger partial charge in [-0.2, -0.15) is 4.72 Å². The first-order chi connectivity index (χ1) is 30.5. The van der Waals surface area contributed by atoms with Crippen LogP contribution in [0.2, 0.25) is 0 Å². The molecule has 5 aromatic carbocycles. The standard InChI is InChI=1S/C20H25NO5S.C10H13ClO2S.C10H14O3S.C10H14.Na/c1-4-14(2)16-7-11-18(12-8-16)27(24,25)21-19(20(23)26-3)13-15-5-9-17(22)10-6-15;2*1-3-8(2)9-4-6-10(7-5-9)14(11,12)13;1-3-9(2)10-7-5-4-6-8-10;/h5-12,14,19,21-22H,4,13H2,1-3H3;4-8H,3H2,1-2H3;4-8H,3H2,1-2H3,(H,11,12,13);4-9H,3H2,1-2H3;/q;;;;+1/p-1. The number of phenols is 1. The summed E-state index contributed by atoms with van der Waals surface area (Å²) in [7, 11) is -5.37. The summed E-state index contributed by atoms with van der Waals surface area (Å²) in [6.07, 6.45) is 4.32. The predicted molar refractivity (Wildman–Crippen MR) is 260 cm³/mol. The van der Waals surface area contributed by atoms with Crippen LogP contribution in [0, 0.1) is 0 Å². The molecule has 11 nitrogen and oxygen atoms in total. The van der Waals surface area contributed by atoms with E-state index in [-0.39, 0.29) is 56.4 Å². The summed E-state index contributed by atoms with van der Waals surface area (Å²) >= 11 is 0. The molecule has 0 amide bonds. The van der Waals surface area contributed by atoms with Crippen LogP contribution in [0.3, 0.4) is 0 Å². The maximum atomic E-state index is 12.7. The Labute approximate surface area is 421 Å². The van der Waals surface area contributed by atoms with E-state index in [4.69, 9.17) is 15.4 Å². The third-order valence-corrected chi connectivity index (χ3v) is 14.9. The van der Waals surface area contributed by atoms with Crippen LogP contribution in [0.1, 0.15) is 133 Å². The topological polar surface area (TPSA) is 184 Å². The Morgan fingerprint density at radius 3 is 1.26 bits per heavy atom. The number of esters is 1. The number of phenolic OH excluding ortho intramolecular Hbond substituents is 1. The molecule has 0 bridgehead atoms. The van der Waals surface area contributed by atoms with E-state index in [9.17, 15) is 39.7 Å². The molecule has 0 aliphatic carbocycles. The van der Waals surface area contributed by atoms with Gasteiger partial charge in [0.1, 0.15) is 21.9 Å². The van der Waals surface area contributed by atoms with Gasteiger partial charge < -0.3 is 14.4 Å². The van der Waals surface area contributed by atoms with Gasteiger partial charge in [-0.3, -0.25) is 4.79 Å². The average Bonchev–Trinajstić information content (AvgIpc) is 3.31. The van der Waals surface area contributed by atoms with Crippen molar-refractivity contribution in [3.05, 3.63) is 155 Å². The molecule has 5 unspecified atom stereocenters. The molecular weight excluding hydrogens is 929 g/mol. The summed E-state index contributed by atoms with van der Waals surface area (Å²) in [4.78, 5) is 12.2. The molecule has 66 heavy (non-hydrogen) atoms. The van der Waals surface area contributed by atoms with Crippen LogP contribution >= 0.6 is 10.7 Å². The molecule has 16 heteroatoms. The zero-order valence-electron chi connectivity index (χ0n) is 39.8. The third kappa shape index (κ3) is 20.7. The normalized spacial score (nSPS) is 13.5. The van der Waals surface area contributed by atoms with Gasteiger partial charge in [-0.1, -0.05) is 134 Å². The molecule has 5 atom stereocenters. The van der Waals surface area contributed by atoms with Crippen LogP contribution in [-0.2, 0) is 45.1 Å². The number of carbonyl (C=O) groups excluding carboxylic acids is 1. The summed E-state index contributed by atoms with van der Waals surface area (Å²) in [5.74, 6) is 1.30. The summed E-state index contributed by atoms with van der Waals surface area (Å²) in [6.45, 7) is 16.9. The van der Waals surface area contributed by atoms with Crippen molar-refractivity contribution in [3.8, 4) is 5.75 Å². The van der Waals surface area contributed by atoms with Gasteiger partial charge in [0.05, 0.1) is 21.8 Å². The zero-order valence-corrected chi connectivity index (χ0v) is 45.0. The number of methoxy groups -OCH3 is 1. The Hall–Kier alpha value is -3.57. The molecule has 0 aliphatic heterocycles. The van der Waals surface area contributed by atoms with E-state index in [2.05, 4.69) is 90.4 Å². The van der Waals surface area contributed by atoms with Gasteiger partial charge in [0.15, 0.2) is 0 Å². The van der Waals surface area contributed by atoms with Crippen molar-refractivity contribution in [2.24, 2.45) is 0 Å². The van der Waals surface area contributed by atoms with Crippen molar-refractivity contribution < 1.29 is 74.0 Å². The predicted octanol–water partition coefficient (Wildman–Crippen LogP) is 8.40. The fourth-order valence-electron chi connectivity index (χ4n) is 6.06. The Balaban J connectivity index is 0.000000474. The first-order valence-corrected chi connectivity index (χ1v) is 26.8. The second kappa shape index (κ2) is 29.3. The van der Waals surface area contributed by atoms with Gasteiger partial charge in [0.2, 0.25) is 10.0 Å². The Bertz CT molecular complexity index is 2430. The van der Waals surface area contributed by atoms with Crippen LogP contribution in [0.15, 0.2) is 142 Å². The Morgan fingerprint density at radius 2 is 0.924 bits per heavy atom. The zero-order chi connectivity index (χ0) is 49.0. The van der Waals surface area contributed by atoms with Crippen LogP contribution in [-0.4, -0.2) is 54.0 Å². The Morgan fingerprint density at radius 1 is 0.576 bits per heavy atom. The number of benzene rings is 5. The monoisotopic (exact) mass is 993 g/mol. The van der Waals surface area contributed by atoms with Crippen LogP contribution in [0.5, 0.6) is 5.75 Å². The number of hydrogen-bond acceptors (Lipinski definition) is 10. The first-order valence-electron chi connectivity index (χ1n) is 21.6. The minimum atomic E-state index is -4.30. The molecule has 5 aromatic rings. The van der Waals surface area contributed by atoms with Gasteiger partial charge in [-0.05, 0) is 132 Å². The van der Waals surface area contributed by atoms with Gasteiger partial charge in [-0.25, -0.2) is 25.3 Å². The molecule has 0 aliphatic rings. The maximum absolute atomic E-state index is 12.7. The van der Waals surface area contributed by atoms with E-state index in [0.29, 0.717) is 29.2 Å². The summed E-state index contributed by atoms with van der Waals surface area (Å²) in [5, 5.41) is 9.36. The molecule has 0 saturated heterocycles. The largest absolute Gasteiger partial charge is 1.00 e. The van der Waals surface area contributed by atoms with Crippen molar-refractivity contribution in [2.75, 3.05) is 7.11 Å². The number of halogens is 1. The number of rotatable bonds is 16. The fourth-order valence-corrected chi connectivity index (χ4v) is 8.48. The first kappa shape index (κ1) is 60.4. The average molecular weight is 995 g/mol. The van der Waals surface area contributed by atoms with E-state index in [1.54, 1.807) is 60.7 Å². The SMILES string of the molecule is CCC(C)c1ccc(S(=O)(=O)Cl)cc1.CCC(C)c1ccc(S(=O)(=O)NC(Cc2ccc(O)cc2)C(=O)OC)cc1.CCC(C)c1ccc(S(=O)(=O)[O-])cc1.CCC(C)c1ccccc1.[Na+]. The summed E-state index contributed by atoms with van der Waals surface area (Å²) < 4.78 is 86.3. The van der Waals surface area contributed by atoms with Gasteiger partial charge in [-0.15, -0.1) is 0 Å². The second-order valence-electron chi connectivity index (χ2n) is 15.8. The van der Waals surface area contributed by atoms with E-state index in [1.807, 2.05) is 12.1 Å². The van der Waals surface area contributed by atoms with E-state index in [1.165, 1.54) is 43.4 Å². The molecule has 0 heterocycles. The minimum absolute atomic E-state index is 0. The maximum Gasteiger partial charge on any atom is 1.00 e. The quantitative estimate of drug-likeness (QED) is 0.0421. The van der Waals surface area contributed by atoms with Crippen LogP contribution in [0.4, 0.5) is 0 Å². The van der Waals surface area contributed by atoms with E-state index < -0.39 is 41.2 Å². The minimum Gasteiger partial charge on any atom is -0.744 e. The number of ether oxygens (including phenoxy) is 1. The molecule has 5 rings (SSSR count). The van der Waals surface area contributed by atoms with Crippen LogP contribution < -0.4 is 34.3 Å². The van der Waals surface area contributed by atoms with Gasteiger partial charge in [0, 0.05) is 10.7 Å². The molecule has 0 aromatic heterocycles. The summed E-state index contributed by atoms with van der Waals surface area (Å²) in [6, 6.07) is 35.3. The van der Waals surface area contributed by atoms with Gasteiger partial charge >= 0.3 is 35.5 Å². The molecular formula is C50H65ClNNaO10S3. The molecule has 0 spiro atoms. The van der Waals surface area contributed by atoms with Crippen molar-refractivity contribution in [3.63, 3.8) is 0 Å². The smallest absolute Gasteiger partial charge is 0.744 e. The second-order valence-corrected chi connectivity index (χ2v) is 21.5. The number of carbonyl (C=O) groups is 1. The fraction of sp³-hybridized carbons (Fsp3) is 0.380. The number of aromatic hydroxyl groups is 1. The van der Waals surface area contributed by atoms with Crippen molar-refractivity contribution in [1.82, 2.24) is 4.72 Å². The molecule has 0 fully saturated rings. The molecule has 0 saturated carbocycles. The molecule has 2 N–H and O–H groups in total. The Kier molecular flexibility index (Phi) is 26.9. The van der Waals surface area contributed by atoms with Gasteiger partial charge in [0.25, 0.3) is 9.05 Å². The number of nitrogens with one attached hydrogen (secondary N) is 1. The van der Waals surface area contributed by atoms with Crippen molar-refractivity contribution in [1.29, 1.82) is 0 Å².